The first-order valence-electron chi connectivity index (χ1n) is 10.2. The van der Waals surface area contributed by atoms with Crippen LogP contribution >= 0.6 is 22.9 Å². The summed E-state index contributed by atoms with van der Waals surface area (Å²) in [5.74, 6) is 0.529. The van der Waals surface area contributed by atoms with Crippen LogP contribution in [0, 0.1) is 19.8 Å². The zero-order chi connectivity index (χ0) is 22.1. The number of amides is 2. The van der Waals surface area contributed by atoms with Gasteiger partial charge in [0.15, 0.2) is 0 Å². The molecule has 9 heteroatoms. The second-order valence-corrected chi connectivity index (χ2v) is 9.30. The zero-order valence-corrected chi connectivity index (χ0v) is 19.2. The average Bonchev–Trinajstić information content (AvgIpc) is 3.08. The van der Waals surface area contributed by atoms with Crippen molar-refractivity contribution in [1.82, 2.24) is 15.3 Å². The van der Waals surface area contributed by atoms with Crippen LogP contribution in [-0.4, -0.2) is 41.9 Å². The Labute approximate surface area is 189 Å². The van der Waals surface area contributed by atoms with Crippen molar-refractivity contribution < 1.29 is 9.59 Å². The lowest BCUT2D eigenvalue weighted by molar-refractivity contribution is -0.120. The van der Waals surface area contributed by atoms with Gasteiger partial charge in [-0.25, -0.2) is 9.97 Å². The monoisotopic (exact) mass is 457 g/mol. The maximum Gasteiger partial charge on any atom is 0.252 e. The van der Waals surface area contributed by atoms with Crippen molar-refractivity contribution in [3.8, 4) is 0 Å². The van der Waals surface area contributed by atoms with Crippen molar-refractivity contribution in [3.05, 3.63) is 45.6 Å². The Kier molecular flexibility index (Phi) is 6.11. The van der Waals surface area contributed by atoms with E-state index < -0.39 is 0 Å². The van der Waals surface area contributed by atoms with Gasteiger partial charge in [0.2, 0.25) is 5.91 Å². The molecule has 2 amide bonds. The lowest BCUT2D eigenvalue weighted by Gasteiger charge is -2.32. The molecule has 0 bridgehead atoms. The minimum atomic E-state index is -0.287. The highest BCUT2D eigenvalue weighted by molar-refractivity contribution is 7.18. The number of aryl methyl sites for hydroxylation is 2. The number of nitrogens with one attached hydrogen (secondary N) is 2. The second-order valence-electron chi connectivity index (χ2n) is 7.68. The van der Waals surface area contributed by atoms with Crippen LogP contribution in [0.2, 0.25) is 5.02 Å². The molecule has 0 aliphatic carbocycles. The first-order chi connectivity index (χ1) is 14.9. The summed E-state index contributed by atoms with van der Waals surface area (Å²) in [6.07, 6.45) is 3.08. The van der Waals surface area contributed by atoms with E-state index in [1.165, 1.54) is 10.4 Å². The highest BCUT2D eigenvalue weighted by atomic mass is 35.5. The van der Waals surface area contributed by atoms with E-state index >= 15 is 0 Å². The van der Waals surface area contributed by atoms with Gasteiger partial charge >= 0.3 is 0 Å². The van der Waals surface area contributed by atoms with Crippen LogP contribution in [0.3, 0.4) is 0 Å². The van der Waals surface area contributed by atoms with E-state index in [-0.39, 0.29) is 17.7 Å². The molecule has 0 saturated carbocycles. The highest BCUT2D eigenvalue weighted by Crippen LogP contribution is 2.35. The van der Waals surface area contributed by atoms with Crippen LogP contribution in [0.25, 0.3) is 10.2 Å². The number of benzene rings is 1. The fourth-order valence-electron chi connectivity index (χ4n) is 3.91. The van der Waals surface area contributed by atoms with Gasteiger partial charge in [-0.05, 0) is 50.5 Å². The third-order valence-electron chi connectivity index (χ3n) is 5.82. The number of fused-ring (bicyclic) bond motifs is 1. The van der Waals surface area contributed by atoms with Crippen LogP contribution in [0.4, 0.5) is 11.5 Å². The summed E-state index contributed by atoms with van der Waals surface area (Å²) >= 11 is 7.78. The summed E-state index contributed by atoms with van der Waals surface area (Å²) in [5.41, 5.74) is 2.13. The summed E-state index contributed by atoms with van der Waals surface area (Å²) in [5, 5.41) is 6.96. The molecule has 3 aromatic rings. The van der Waals surface area contributed by atoms with Crippen molar-refractivity contribution >= 4 is 56.5 Å². The number of halogens is 1. The van der Waals surface area contributed by atoms with Gasteiger partial charge in [-0.2, -0.15) is 0 Å². The third-order valence-corrected chi connectivity index (χ3v) is 7.26. The van der Waals surface area contributed by atoms with E-state index in [0.717, 1.165) is 42.0 Å². The molecule has 7 nitrogen and oxygen atoms in total. The average molecular weight is 458 g/mol. The van der Waals surface area contributed by atoms with Crippen molar-refractivity contribution in [3.63, 3.8) is 0 Å². The predicted molar refractivity (Wildman–Crippen MR) is 125 cm³/mol. The smallest absolute Gasteiger partial charge is 0.252 e. The van der Waals surface area contributed by atoms with Crippen molar-refractivity contribution in [2.45, 2.75) is 26.7 Å². The number of hydrogen-bond donors (Lipinski definition) is 2. The van der Waals surface area contributed by atoms with Gasteiger partial charge in [0.1, 0.15) is 17.0 Å². The number of piperidine rings is 1. The molecule has 31 heavy (non-hydrogen) atoms. The molecule has 1 aliphatic heterocycles. The predicted octanol–water partition coefficient (Wildman–Crippen LogP) is 4.18. The van der Waals surface area contributed by atoms with Gasteiger partial charge in [0.05, 0.1) is 16.0 Å². The molecule has 0 unspecified atom stereocenters. The number of carbonyl (C=O) groups excluding carboxylic acids is 2. The molecular formula is C22H24ClN5O2S. The summed E-state index contributed by atoms with van der Waals surface area (Å²) in [6.45, 7) is 5.72. The summed E-state index contributed by atoms with van der Waals surface area (Å²) < 4.78 is 0. The lowest BCUT2D eigenvalue weighted by Crippen LogP contribution is -2.38. The Morgan fingerprint density at radius 2 is 1.94 bits per heavy atom. The summed E-state index contributed by atoms with van der Waals surface area (Å²) in [6, 6.07) is 4.94. The van der Waals surface area contributed by atoms with Gasteiger partial charge < -0.3 is 15.5 Å². The van der Waals surface area contributed by atoms with Crippen LogP contribution in [0.1, 0.15) is 33.6 Å². The molecule has 1 fully saturated rings. The van der Waals surface area contributed by atoms with Gasteiger partial charge in [-0.15, -0.1) is 11.3 Å². The van der Waals surface area contributed by atoms with Gasteiger partial charge in [0.25, 0.3) is 5.91 Å². The first-order valence-corrected chi connectivity index (χ1v) is 11.4. The zero-order valence-electron chi connectivity index (χ0n) is 17.7. The molecule has 3 heterocycles. The number of rotatable bonds is 4. The SMILES string of the molecule is CNC(=O)c1cc(NC(=O)C2CCN(c3ncnc4sc(C)c(C)c34)CC2)ccc1Cl. The Morgan fingerprint density at radius 3 is 2.65 bits per heavy atom. The minimum absolute atomic E-state index is 0.0415. The molecule has 4 rings (SSSR count). The summed E-state index contributed by atoms with van der Waals surface area (Å²) in [4.78, 5) is 38.3. The number of carbonyl (C=O) groups is 2. The van der Waals surface area contributed by atoms with Crippen LogP contribution in [0.5, 0.6) is 0 Å². The van der Waals surface area contributed by atoms with Crippen molar-refractivity contribution in [2.75, 3.05) is 30.4 Å². The van der Waals surface area contributed by atoms with E-state index in [9.17, 15) is 9.59 Å². The number of hydrogen-bond acceptors (Lipinski definition) is 6. The fraction of sp³-hybridized carbons (Fsp3) is 0.364. The van der Waals surface area contributed by atoms with E-state index in [1.807, 2.05) is 0 Å². The molecule has 2 N–H and O–H groups in total. The lowest BCUT2D eigenvalue weighted by atomic mass is 9.95. The summed E-state index contributed by atoms with van der Waals surface area (Å²) in [7, 11) is 1.54. The Hall–Kier alpha value is -2.71. The number of nitrogens with zero attached hydrogens (tertiary/aromatic N) is 3. The van der Waals surface area contributed by atoms with Gasteiger partial charge in [-0.3, -0.25) is 9.59 Å². The number of thiophene rings is 1. The molecule has 1 saturated heterocycles. The normalized spacial score (nSPS) is 14.6. The second kappa shape index (κ2) is 8.80. The molecule has 1 aromatic carbocycles. The molecule has 0 atom stereocenters. The van der Waals surface area contributed by atoms with Gasteiger partial charge in [-0.1, -0.05) is 11.6 Å². The largest absolute Gasteiger partial charge is 0.356 e. The Balaban J connectivity index is 1.44. The van der Waals surface area contributed by atoms with Crippen LogP contribution in [0.15, 0.2) is 24.5 Å². The maximum atomic E-state index is 12.8. The first kappa shape index (κ1) is 21.5. The Bertz CT molecular complexity index is 1150. The topological polar surface area (TPSA) is 87.2 Å². The molecule has 0 radical (unpaired) electrons. The van der Waals surface area contributed by atoms with Gasteiger partial charge in [0, 0.05) is 36.6 Å². The van der Waals surface area contributed by atoms with E-state index in [2.05, 4.69) is 39.3 Å². The minimum Gasteiger partial charge on any atom is -0.356 e. The van der Waals surface area contributed by atoms with Crippen LogP contribution < -0.4 is 15.5 Å². The van der Waals surface area contributed by atoms with E-state index in [4.69, 9.17) is 11.6 Å². The van der Waals surface area contributed by atoms with E-state index in [1.54, 1.807) is 42.9 Å². The highest BCUT2D eigenvalue weighted by Gasteiger charge is 2.27. The molecular weight excluding hydrogens is 434 g/mol. The van der Waals surface area contributed by atoms with Crippen molar-refractivity contribution in [2.24, 2.45) is 5.92 Å². The molecule has 2 aromatic heterocycles. The quantitative estimate of drug-likeness (QED) is 0.613. The molecule has 0 spiro atoms. The van der Waals surface area contributed by atoms with Crippen LogP contribution in [-0.2, 0) is 4.79 Å². The molecule has 1 aliphatic rings. The maximum absolute atomic E-state index is 12.8. The third kappa shape index (κ3) is 4.22. The van der Waals surface area contributed by atoms with Crippen molar-refractivity contribution in [1.29, 1.82) is 0 Å². The molecule has 162 valence electrons. The number of anilines is 2. The van der Waals surface area contributed by atoms with E-state index in [0.29, 0.717) is 16.3 Å². The Morgan fingerprint density at radius 1 is 1.19 bits per heavy atom. The fourth-order valence-corrected chi connectivity index (χ4v) is 5.11. The number of aromatic nitrogens is 2. The standard InChI is InChI=1S/C22H24ClN5O2S/c1-12-13(2)31-22-18(12)19(25-11-26-22)28-8-6-14(7-9-28)20(29)27-15-4-5-17(23)16(10-15)21(30)24-3/h4-5,10-11,14H,6-9H2,1-3H3,(H,24,30)(H,27,29).